The van der Waals surface area contributed by atoms with E-state index in [1.165, 1.54) is 0 Å². The van der Waals surface area contributed by atoms with Gasteiger partial charge in [-0.3, -0.25) is 9.69 Å². The van der Waals surface area contributed by atoms with Crippen LogP contribution in [0.1, 0.15) is 18.4 Å². The fourth-order valence-electron chi connectivity index (χ4n) is 2.60. The van der Waals surface area contributed by atoms with Crippen molar-refractivity contribution in [2.75, 3.05) is 31.6 Å². The van der Waals surface area contributed by atoms with Gasteiger partial charge in [-0.15, -0.1) is 0 Å². The van der Waals surface area contributed by atoms with Crippen molar-refractivity contribution in [1.29, 1.82) is 0 Å². The van der Waals surface area contributed by atoms with Gasteiger partial charge in [0.25, 0.3) is 0 Å². The van der Waals surface area contributed by atoms with Crippen LogP contribution in [0.5, 0.6) is 0 Å². The summed E-state index contributed by atoms with van der Waals surface area (Å²) in [5.41, 5.74) is 7.01. The van der Waals surface area contributed by atoms with Gasteiger partial charge in [-0.1, -0.05) is 24.4 Å². The van der Waals surface area contributed by atoms with Gasteiger partial charge in [-0.05, 0) is 37.4 Å². The predicted molar refractivity (Wildman–Crippen MR) is 87.2 cm³/mol. The number of hydrogen-bond donors (Lipinski definition) is 3. The van der Waals surface area contributed by atoms with Gasteiger partial charge in [0.2, 0.25) is 5.91 Å². The van der Waals surface area contributed by atoms with E-state index in [1.54, 1.807) is 6.07 Å². The molecule has 0 radical (unpaired) electrons. The molecule has 4 N–H and O–H groups in total. The van der Waals surface area contributed by atoms with Crippen molar-refractivity contribution in [3.8, 4) is 0 Å². The molecule has 0 aliphatic carbocycles. The fourth-order valence-corrected chi connectivity index (χ4v) is 2.72. The normalized spacial score (nSPS) is 19.2. The van der Waals surface area contributed by atoms with Crippen LogP contribution in [0.4, 0.5) is 5.69 Å². The van der Waals surface area contributed by atoms with E-state index in [1.807, 2.05) is 18.2 Å². The molecular weight excluding hydrogens is 286 g/mol. The highest BCUT2D eigenvalue weighted by Gasteiger charge is 2.20. The molecule has 1 aliphatic heterocycles. The Kier molecular flexibility index (Phi) is 5.67. The van der Waals surface area contributed by atoms with Gasteiger partial charge in [-0.2, -0.15) is 0 Å². The van der Waals surface area contributed by atoms with E-state index in [2.05, 4.69) is 10.2 Å². The minimum Gasteiger partial charge on any atom is -0.396 e. The number of thiocarbonyl (C=S) groups is 1. The van der Waals surface area contributed by atoms with Crippen molar-refractivity contribution < 1.29 is 9.90 Å². The number of likely N-dealkylation sites (tertiary alicyclic amines) is 1. The van der Waals surface area contributed by atoms with Crippen LogP contribution in [0.15, 0.2) is 24.3 Å². The molecule has 0 aromatic heterocycles. The molecule has 0 bridgehead atoms. The third-order valence-corrected chi connectivity index (χ3v) is 3.90. The first-order valence-electron chi connectivity index (χ1n) is 7.11. The molecule has 1 unspecified atom stereocenters. The van der Waals surface area contributed by atoms with Crippen LogP contribution in [0.2, 0.25) is 0 Å². The lowest BCUT2D eigenvalue weighted by Crippen LogP contribution is -2.41. The van der Waals surface area contributed by atoms with Crippen molar-refractivity contribution in [2.45, 2.75) is 12.8 Å². The molecule has 1 atom stereocenters. The minimum atomic E-state index is -0.0614. The number of nitrogens with zero attached hydrogens (tertiary/aromatic N) is 1. The van der Waals surface area contributed by atoms with Crippen LogP contribution in [0.3, 0.4) is 0 Å². The van der Waals surface area contributed by atoms with Crippen molar-refractivity contribution in [1.82, 2.24) is 4.90 Å². The van der Waals surface area contributed by atoms with Gasteiger partial charge < -0.3 is 16.2 Å². The van der Waals surface area contributed by atoms with Crippen molar-refractivity contribution in [3.63, 3.8) is 0 Å². The Bertz CT molecular complexity index is 521. The first-order valence-corrected chi connectivity index (χ1v) is 7.52. The summed E-state index contributed by atoms with van der Waals surface area (Å²) in [5.74, 6) is 0.221. The topological polar surface area (TPSA) is 78.6 Å². The number of aliphatic hydroxyl groups is 1. The van der Waals surface area contributed by atoms with Gasteiger partial charge in [0.1, 0.15) is 4.99 Å². The average Bonchev–Trinajstić information content (AvgIpc) is 2.47. The lowest BCUT2D eigenvalue weighted by molar-refractivity contribution is -0.117. The molecule has 1 heterocycles. The van der Waals surface area contributed by atoms with Gasteiger partial charge in [0, 0.05) is 24.4 Å². The highest BCUT2D eigenvalue weighted by molar-refractivity contribution is 7.80. The first-order chi connectivity index (χ1) is 10.1. The number of anilines is 1. The zero-order valence-corrected chi connectivity index (χ0v) is 12.7. The number of nitrogens with two attached hydrogens (primary N) is 1. The van der Waals surface area contributed by atoms with E-state index in [0.29, 0.717) is 17.2 Å². The summed E-state index contributed by atoms with van der Waals surface area (Å²) in [5, 5.41) is 12.1. The van der Waals surface area contributed by atoms with Gasteiger partial charge in [-0.25, -0.2) is 0 Å². The second-order valence-corrected chi connectivity index (χ2v) is 5.86. The smallest absolute Gasteiger partial charge is 0.238 e. The van der Waals surface area contributed by atoms with E-state index in [-0.39, 0.29) is 18.4 Å². The zero-order chi connectivity index (χ0) is 15.2. The van der Waals surface area contributed by atoms with E-state index < -0.39 is 0 Å². The molecule has 21 heavy (non-hydrogen) atoms. The van der Waals surface area contributed by atoms with E-state index >= 15 is 0 Å². The molecule has 0 saturated carbocycles. The van der Waals surface area contributed by atoms with Crippen LogP contribution in [0, 0.1) is 5.92 Å². The third-order valence-electron chi connectivity index (χ3n) is 3.66. The Morgan fingerprint density at radius 3 is 3.05 bits per heavy atom. The molecule has 1 aromatic rings. The molecule has 1 saturated heterocycles. The van der Waals surface area contributed by atoms with Crippen LogP contribution < -0.4 is 11.1 Å². The summed E-state index contributed by atoms with van der Waals surface area (Å²) in [6.45, 7) is 2.20. The summed E-state index contributed by atoms with van der Waals surface area (Å²) in [4.78, 5) is 14.5. The summed E-state index contributed by atoms with van der Waals surface area (Å²) < 4.78 is 0. The number of rotatable bonds is 5. The fraction of sp³-hybridized carbons (Fsp3) is 0.467. The number of benzene rings is 1. The standard InChI is InChI=1S/C15H21N3O2S/c16-15(21)12-4-1-5-13(7-12)17-14(20)9-18-6-2-3-11(8-18)10-19/h1,4-5,7,11,19H,2-3,6,8-10H2,(H2,16,21)(H,17,20). The third kappa shape index (κ3) is 4.77. The SMILES string of the molecule is NC(=S)c1cccc(NC(=O)CN2CCCC(CO)C2)c1. The van der Waals surface area contributed by atoms with Gasteiger partial charge in [0.15, 0.2) is 0 Å². The average molecular weight is 307 g/mol. The molecule has 1 amide bonds. The molecule has 5 nitrogen and oxygen atoms in total. The number of aliphatic hydroxyl groups excluding tert-OH is 1. The summed E-state index contributed by atoms with van der Waals surface area (Å²) in [7, 11) is 0. The van der Waals surface area contributed by atoms with Crippen molar-refractivity contribution in [2.24, 2.45) is 11.7 Å². The summed E-state index contributed by atoms with van der Waals surface area (Å²) in [6.07, 6.45) is 2.06. The van der Waals surface area contributed by atoms with Gasteiger partial charge in [0.05, 0.1) is 6.54 Å². The van der Waals surface area contributed by atoms with Gasteiger partial charge >= 0.3 is 0 Å². The van der Waals surface area contributed by atoms with E-state index in [0.717, 1.165) is 31.5 Å². The van der Waals surface area contributed by atoms with Crippen molar-refractivity contribution >= 4 is 28.8 Å². The maximum atomic E-state index is 12.1. The van der Waals surface area contributed by atoms with Crippen LogP contribution in [-0.4, -0.2) is 47.1 Å². The second kappa shape index (κ2) is 7.49. The molecule has 114 valence electrons. The molecule has 0 spiro atoms. The zero-order valence-electron chi connectivity index (χ0n) is 11.9. The number of hydrogen-bond acceptors (Lipinski definition) is 4. The Balaban J connectivity index is 1.89. The van der Waals surface area contributed by atoms with Crippen molar-refractivity contribution in [3.05, 3.63) is 29.8 Å². The number of piperidine rings is 1. The number of carbonyl (C=O) groups is 1. The molecular formula is C15H21N3O2S. The maximum absolute atomic E-state index is 12.1. The Morgan fingerprint density at radius 2 is 2.33 bits per heavy atom. The van der Waals surface area contributed by atoms with Crippen LogP contribution in [0.25, 0.3) is 0 Å². The number of carbonyl (C=O) groups excluding carboxylic acids is 1. The lowest BCUT2D eigenvalue weighted by atomic mass is 9.99. The van der Waals surface area contributed by atoms with Crippen LogP contribution in [-0.2, 0) is 4.79 Å². The Labute approximate surface area is 130 Å². The Morgan fingerprint density at radius 1 is 1.52 bits per heavy atom. The highest BCUT2D eigenvalue weighted by Crippen LogP contribution is 2.16. The quantitative estimate of drug-likeness (QED) is 0.706. The Hall–Kier alpha value is -1.50. The highest BCUT2D eigenvalue weighted by atomic mass is 32.1. The summed E-state index contributed by atoms with van der Waals surface area (Å²) >= 11 is 4.93. The minimum absolute atomic E-state index is 0.0614. The largest absolute Gasteiger partial charge is 0.396 e. The predicted octanol–water partition coefficient (Wildman–Crippen LogP) is 0.964. The maximum Gasteiger partial charge on any atom is 0.238 e. The monoisotopic (exact) mass is 307 g/mol. The molecule has 6 heteroatoms. The molecule has 1 aliphatic rings. The number of amides is 1. The molecule has 1 fully saturated rings. The second-order valence-electron chi connectivity index (χ2n) is 5.42. The first kappa shape index (κ1) is 15.9. The van der Waals surface area contributed by atoms with E-state index in [4.69, 9.17) is 18.0 Å². The van der Waals surface area contributed by atoms with Crippen LogP contribution >= 0.6 is 12.2 Å². The summed E-state index contributed by atoms with van der Waals surface area (Å²) in [6, 6.07) is 7.21. The molecule has 2 rings (SSSR count). The molecule has 1 aromatic carbocycles. The lowest BCUT2D eigenvalue weighted by Gasteiger charge is -2.31. The van der Waals surface area contributed by atoms with E-state index in [9.17, 15) is 9.90 Å². The number of nitrogens with one attached hydrogen (secondary N) is 1.